The van der Waals surface area contributed by atoms with Crippen molar-refractivity contribution in [3.05, 3.63) is 21.4 Å². The topological polar surface area (TPSA) is 29.1 Å². The molecular formula is C12H16ClNOS. The van der Waals surface area contributed by atoms with Gasteiger partial charge in [0.25, 0.3) is 5.91 Å². The molecule has 1 amide bonds. The van der Waals surface area contributed by atoms with Crippen molar-refractivity contribution in [2.45, 2.75) is 44.5 Å². The molecule has 0 spiro atoms. The predicted octanol–water partition coefficient (Wildman–Crippen LogP) is 3.25. The second-order valence-electron chi connectivity index (χ2n) is 4.38. The highest BCUT2D eigenvalue weighted by Gasteiger charge is 2.27. The molecule has 2 atom stereocenters. The molecule has 1 saturated carbocycles. The standard InChI is InChI=1S/C12H16ClNOS/c1-7-6-11(16-8(7)2)12(15)14-10-5-3-4-9(10)13/h6,9-10H,3-5H2,1-2H3,(H,14,15). The number of alkyl halides is 1. The lowest BCUT2D eigenvalue weighted by molar-refractivity contribution is 0.0942. The monoisotopic (exact) mass is 257 g/mol. The van der Waals surface area contributed by atoms with Crippen molar-refractivity contribution in [1.29, 1.82) is 0 Å². The zero-order chi connectivity index (χ0) is 11.7. The van der Waals surface area contributed by atoms with Crippen molar-refractivity contribution >= 4 is 28.8 Å². The zero-order valence-corrected chi connectivity index (χ0v) is 11.1. The van der Waals surface area contributed by atoms with Crippen LogP contribution in [0.2, 0.25) is 0 Å². The minimum Gasteiger partial charge on any atom is -0.347 e. The first kappa shape index (κ1) is 11.9. The lowest BCUT2D eigenvalue weighted by atomic mass is 10.2. The number of thiophene rings is 1. The normalized spacial score (nSPS) is 24.7. The van der Waals surface area contributed by atoms with Gasteiger partial charge in [-0.05, 0) is 44.7 Å². The summed E-state index contributed by atoms with van der Waals surface area (Å²) in [7, 11) is 0. The Morgan fingerprint density at radius 2 is 2.25 bits per heavy atom. The highest BCUT2D eigenvalue weighted by molar-refractivity contribution is 7.14. The van der Waals surface area contributed by atoms with Crippen molar-refractivity contribution in [3.63, 3.8) is 0 Å². The number of aryl methyl sites for hydroxylation is 2. The molecule has 1 fully saturated rings. The lowest BCUT2D eigenvalue weighted by Gasteiger charge is -2.14. The van der Waals surface area contributed by atoms with Crippen LogP contribution in [0.1, 0.15) is 39.4 Å². The van der Waals surface area contributed by atoms with E-state index in [4.69, 9.17) is 11.6 Å². The molecule has 0 bridgehead atoms. The largest absolute Gasteiger partial charge is 0.347 e. The van der Waals surface area contributed by atoms with E-state index in [-0.39, 0.29) is 17.3 Å². The summed E-state index contributed by atoms with van der Waals surface area (Å²) in [6.07, 6.45) is 3.12. The summed E-state index contributed by atoms with van der Waals surface area (Å²) in [5, 5.41) is 3.13. The van der Waals surface area contributed by atoms with Gasteiger partial charge in [0.2, 0.25) is 0 Å². The van der Waals surface area contributed by atoms with Crippen molar-refractivity contribution in [1.82, 2.24) is 5.32 Å². The first-order valence-corrected chi connectivity index (χ1v) is 6.85. The molecular weight excluding hydrogens is 242 g/mol. The minimum atomic E-state index is 0.0266. The molecule has 2 nitrogen and oxygen atoms in total. The van der Waals surface area contributed by atoms with Crippen LogP contribution in [0.5, 0.6) is 0 Å². The summed E-state index contributed by atoms with van der Waals surface area (Å²) in [6.45, 7) is 4.07. The summed E-state index contributed by atoms with van der Waals surface area (Å²) >= 11 is 7.69. The Morgan fingerprint density at radius 3 is 2.75 bits per heavy atom. The Kier molecular flexibility index (Phi) is 3.55. The van der Waals surface area contributed by atoms with E-state index in [1.807, 2.05) is 19.9 Å². The van der Waals surface area contributed by atoms with Crippen LogP contribution in [0.25, 0.3) is 0 Å². The maximum Gasteiger partial charge on any atom is 0.261 e. The average Bonchev–Trinajstić information content (AvgIpc) is 2.76. The molecule has 1 aliphatic rings. The molecule has 0 aliphatic heterocycles. The van der Waals surface area contributed by atoms with Gasteiger partial charge in [0.15, 0.2) is 0 Å². The van der Waals surface area contributed by atoms with Gasteiger partial charge >= 0.3 is 0 Å². The van der Waals surface area contributed by atoms with Gasteiger partial charge in [-0.15, -0.1) is 22.9 Å². The molecule has 4 heteroatoms. The summed E-state index contributed by atoms with van der Waals surface area (Å²) in [6, 6.07) is 2.10. The third-order valence-electron chi connectivity index (χ3n) is 3.14. The van der Waals surface area contributed by atoms with Crippen LogP contribution in [0.3, 0.4) is 0 Å². The fourth-order valence-electron chi connectivity index (χ4n) is 2.00. The lowest BCUT2D eigenvalue weighted by Crippen LogP contribution is -2.37. The highest BCUT2D eigenvalue weighted by atomic mass is 35.5. The second kappa shape index (κ2) is 4.76. The van der Waals surface area contributed by atoms with E-state index >= 15 is 0 Å². The van der Waals surface area contributed by atoms with Gasteiger partial charge in [0.1, 0.15) is 0 Å². The zero-order valence-electron chi connectivity index (χ0n) is 9.55. The second-order valence-corrected chi connectivity index (χ2v) is 6.19. The Hall–Kier alpha value is -0.540. The van der Waals surface area contributed by atoms with E-state index in [2.05, 4.69) is 5.32 Å². The number of hydrogen-bond donors (Lipinski definition) is 1. The highest BCUT2D eigenvalue weighted by Crippen LogP contribution is 2.25. The maximum absolute atomic E-state index is 12.0. The Morgan fingerprint density at radius 1 is 1.50 bits per heavy atom. The molecule has 2 unspecified atom stereocenters. The average molecular weight is 258 g/mol. The van der Waals surface area contributed by atoms with Gasteiger partial charge in [0, 0.05) is 10.9 Å². The van der Waals surface area contributed by atoms with E-state index in [0.717, 1.165) is 24.1 Å². The van der Waals surface area contributed by atoms with E-state index < -0.39 is 0 Å². The summed E-state index contributed by atoms with van der Waals surface area (Å²) in [5.74, 6) is 0.0266. The number of carbonyl (C=O) groups excluding carboxylic acids is 1. The van der Waals surface area contributed by atoms with Crippen LogP contribution in [-0.2, 0) is 0 Å². The molecule has 0 saturated heterocycles. The Labute approximate surface area is 105 Å². The minimum absolute atomic E-state index is 0.0266. The quantitative estimate of drug-likeness (QED) is 0.810. The Balaban J connectivity index is 2.02. The van der Waals surface area contributed by atoms with Crippen LogP contribution in [0.15, 0.2) is 6.07 Å². The maximum atomic E-state index is 12.0. The first-order valence-electron chi connectivity index (χ1n) is 5.60. The Bertz CT molecular complexity index is 382. The van der Waals surface area contributed by atoms with Crippen LogP contribution in [0, 0.1) is 13.8 Å². The van der Waals surface area contributed by atoms with E-state index in [9.17, 15) is 4.79 Å². The number of amides is 1. The molecule has 1 aliphatic carbocycles. The molecule has 88 valence electrons. The third-order valence-corrected chi connectivity index (χ3v) is 4.81. The fraction of sp³-hybridized carbons (Fsp3) is 0.583. The van der Waals surface area contributed by atoms with Gasteiger partial charge in [-0.2, -0.15) is 0 Å². The molecule has 16 heavy (non-hydrogen) atoms. The van der Waals surface area contributed by atoms with Crippen molar-refractivity contribution < 1.29 is 4.79 Å². The van der Waals surface area contributed by atoms with Crippen molar-refractivity contribution in [2.75, 3.05) is 0 Å². The molecule has 1 N–H and O–H groups in total. The molecule has 1 aromatic heterocycles. The van der Waals surface area contributed by atoms with Crippen molar-refractivity contribution in [3.8, 4) is 0 Å². The number of rotatable bonds is 2. The van der Waals surface area contributed by atoms with Crippen molar-refractivity contribution in [2.24, 2.45) is 0 Å². The molecule has 0 radical (unpaired) electrons. The fourth-order valence-corrected chi connectivity index (χ4v) is 3.28. The van der Waals surface area contributed by atoms with E-state index in [1.54, 1.807) is 11.3 Å². The smallest absolute Gasteiger partial charge is 0.261 e. The predicted molar refractivity (Wildman–Crippen MR) is 68.5 cm³/mol. The SMILES string of the molecule is Cc1cc(C(=O)NC2CCCC2Cl)sc1C. The first-order chi connectivity index (χ1) is 7.58. The number of nitrogens with one attached hydrogen (secondary N) is 1. The van der Waals surface area contributed by atoms with E-state index in [1.165, 1.54) is 10.4 Å². The molecule has 1 heterocycles. The van der Waals surface area contributed by atoms with Crippen LogP contribution in [0.4, 0.5) is 0 Å². The van der Waals surface area contributed by atoms with Gasteiger partial charge in [-0.1, -0.05) is 0 Å². The van der Waals surface area contributed by atoms with Crippen LogP contribution in [-0.4, -0.2) is 17.3 Å². The van der Waals surface area contributed by atoms with Crippen LogP contribution < -0.4 is 5.32 Å². The van der Waals surface area contributed by atoms with E-state index in [0.29, 0.717) is 0 Å². The number of hydrogen-bond acceptors (Lipinski definition) is 2. The van der Waals surface area contributed by atoms with Gasteiger partial charge in [-0.25, -0.2) is 0 Å². The summed E-state index contributed by atoms with van der Waals surface area (Å²) in [4.78, 5) is 14.0. The summed E-state index contributed by atoms with van der Waals surface area (Å²) < 4.78 is 0. The van der Waals surface area contributed by atoms with Gasteiger partial charge < -0.3 is 5.32 Å². The molecule has 0 aromatic carbocycles. The third kappa shape index (κ3) is 2.41. The molecule has 2 rings (SSSR count). The number of carbonyl (C=O) groups is 1. The molecule has 1 aromatic rings. The van der Waals surface area contributed by atoms with Gasteiger partial charge in [-0.3, -0.25) is 4.79 Å². The van der Waals surface area contributed by atoms with Gasteiger partial charge in [0.05, 0.1) is 10.3 Å². The number of halogens is 1. The van der Waals surface area contributed by atoms with Crippen LogP contribution >= 0.6 is 22.9 Å². The summed E-state index contributed by atoms with van der Waals surface area (Å²) in [5.41, 5.74) is 1.18.